The number of carbonyl (C=O) groups is 1. The monoisotopic (exact) mass is 224 g/mol. The fourth-order valence-corrected chi connectivity index (χ4v) is 1.44. The van der Waals surface area contributed by atoms with Gasteiger partial charge in [-0.15, -0.1) is 0 Å². The standard InChI is InChI=1S/C10H12N2O4/c1-6-2-3-7(12(15)16)4-8(6)9(11)5-10(13)14/h2-4,9H,5,11H2,1H3,(H,13,14). The van der Waals surface area contributed by atoms with Gasteiger partial charge in [-0.3, -0.25) is 14.9 Å². The summed E-state index contributed by atoms with van der Waals surface area (Å²) in [6.07, 6.45) is -0.248. The van der Waals surface area contributed by atoms with E-state index in [1.165, 1.54) is 12.1 Å². The Balaban J connectivity index is 3.06. The molecule has 1 aromatic rings. The smallest absolute Gasteiger partial charge is 0.305 e. The Hall–Kier alpha value is -1.95. The maximum Gasteiger partial charge on any atom is 0.305 e. The molecule has 0 aromatic heterocycles. The molecular formula is C10H12N2O4. The summed E-state index contributed by atoms with van der Waals surface area (Å²) in [6, 6.07) is 3.53. The number of nitrogens with zero attached hydrogens (tertiary/aromatic N) is 1. The van der Waals surface area contributed by atoms with E-state index in [2.05, 4.69) is 0 Å². The van der Waals surface area contributed by atoms with Crippen molar-refractivity contribution in [3.63, 3.8) is 0 Å². The molecular weight excluding hydrogens is 212 g/mol. The highest BCUT2D eigenvalue weighted by Gasteiger charge is 2.16. The fourth-order valence-electron chi connectivity index (χ4n) is 1.44. The van der Waals surface area contributed by atoms with E-state index in [4.69, 9.17) is 10.8 Å². The summed E-state index contributed by atoms with van der Waals surface area (Å²) >= 11 is 0. The summed E-state index contributed by atoms with van der Waals surface area (Å²) in [5.74, 6) is -1.03. The van der Waals surface area contributed by atoms with Gasteiger partial charge in [0.05, 0.1) is 11.3 Å². The number of benzene rings is 1. The van der Waals surface area contributed by atoms with Crippen LogP contribution in [0.5, 0.6) is 0 Å². The first kappa shape index (κ1) is 12.1. The molecule has 0 saturated carbocycles. The van der Waals surface area contributed by atoms with E-state index < -0.39 is 16.9 Å². The highest BCUT2D eigenvalue weighted by molar-refractivity contribution is 5.68. The van der Waals surface area contributed by atoms with Crippen LogP contribution in [-0.2, 0) is 4.79 Å². The van der Waals surface area contributed by atoms with Gasteiger partial charge in [0.15, 0.2) is 0 Å². The van der Waals surface area contributed by atoms with E-state index in [1.807, 2.05) is 0 Å². The second-order valence-electron chi connectivity index (χ2n) is 3.50. The Morgan fingerprint density at radius 3 is 2.75 bits per heavy atom. The lowest BCUT2D eigenvalue weighted by Gasteiger charge is -2.12. The predicted octanol–water partition coefficient (Wildman–Crippen LogP) is 1.38. The Morgan fingerprint density at radius 1 is 1.62 bits per heavy atom. The lowest BCUT2D eigenvalue weighted by atomic mass is 9.99. The molecule has 0 saturated heterocycles. The minimum atomic E-state index is -1.03. The lowest BCUT2D eigenvalue weighted by molar-refractivity contribution is -0.384. The van der Waals surface area contributed by atoms with Crippen LogP contribution in [0.2, 0.25) is 0 Å². The first-order valence-electron chi connectivity index (χ1n) is 4.64. The van der Waals surface area contributed by atoms with Gasteiger partial charge in [0.25, 0.3) is 5.69 Å². The number of aliphatic carboxylic acids is 1. The molecule has 0 amide bonds. The molecule has 6 heteroatoms. The van der Waals surface area contributed by atoms with Crippen LogP contribution in [0, 0.1) is 17.0 Å². The molecule has 1 atom stereocenters. The largest absolute Gasteiger partial charge is 0.481 e. The maximum absolute atomic E-state index is 10.6. The SMILES string of the molecule is Cc1ccc([N+](=O)[O-])cc1C(N)CC(=O)O. The summed E-state index contributed by atoms with van der Waals surface area (Å²) in [5, 5.41) is 19.2. The lowest BCUT2D eigenvalue weighted by Crippen LogP contribution is -2.16. The van der Waals surface area contributed by atoms with Gasteiger partial charge in [0, 0.05) is 18.2 Å². The number of aryl methyl sites for hydroxylation is 1. The number of non-ortho nitro benzene ring substituents is 1. The molecule has 0 radical (unpaired) electrons. The van der Waals surface area contributed by atoms with E-state index in [1.54, 1.807) is 13.0 Å². The van der Waals surface area contributed by atoms with Crippen molar-refractivity contribution in [3.05, 3.63) is 39.4 Å². The molecule has 0 heterocycles. The normalized spacial score (nSPS) is 12.1. The number of nitrogens with two attached hydrogens (primary N) is 1. The van der Waals surface area contributed by atoms with Crippen LogP contribution in [0.15, 0.2) is 18.2 Å². The van der Waals surface area contributed by atoms with Gasteiger partial charge >= 0.3 is 5.97 Å². The van der Waals surface area contributed by atoms with Crippen molar-refractivity contribution in [2.45, 2.75) is 19.4 Å². The molecule has 86 valence electrons. The third-order valence-corrected chi connectivity index (χ3v) is 2.27. The summed E-state index contributed by atoms with van der Waals surface area (Å²) in [6.45, 7) is 1.74. The minimum Gasteiger partial charge on any atom is -0.481 e. The third-order valence-electron chi connectivity index (χ3n) is 2.27. The van der Waals surface area contributed by atoms with Crippen LogP contribution in [0.25, 0.3) is 0 Å². The fraction of sp³-hybridized carbons (Fsp3) is 0.300. The number of hydrogen-bond acceptors (Lipinski definition) is 4. The summed E-state index contributed by atoms with van der Waals surface area (Å²) in [4.78, 5) is 20.5. The van der Waals surface area contributed by atoms with Gasteiger partial charge in [-0.1, -0.05) is 6.07 Å². The quantitative estimate of drug-likeness (QED) is 0.593. The van der Waals surface area contributed by atoms with Crippen molar-refractivity contribution in [2.75, 3.05) is 0 Å². The first-order chi connectivity index (χ1) is 7.41. The molecule has 1 rings (SSSR count). The molecule has 0 aliphatic rings. The molecule has 3 N–H and O–H groups in total. The molecule has 16 heavy (non-hydrogen) atoms. The minimum absolute atomic E-state index is 0.0820. The van der Waals surface area contributed by atoms with Crippen molar-refractivity contribution >= 4 is 11.7 Å². The summed E-state index contributed by atoms with van der Waals surface area (Å²) < 4.78 is 0. The summed E-state index contributed by atoms with van der Waals surface area (Å²) in [5.41, 5.74) is 6.83. The van der Waals surface area contributed by atoms with Crippen molar-refractivity contribution in [3.8, 4) is 0 Å². The van der Waals surface area contributed by atoms with Crippen LogP contribution in [-0.4, -0.2) is 16.0 Å². The van der Waals surface area contributed by atoms with Crippen LogP contribution >= 0.6 is 0 Å². The van der Waals surface area contributed by atoms with Crippen molar-refractivity contribution in [2.24, 2.45) is 5.73 Å². The average Bonchev–Trinajstić information content (AvgIpc) is 2.16. The highest BCUT2D eigenvalue weighted by atomic mass is 16.6. The van der Waals surface area contributed by atoms with Gasteiger partial charge in [0.1, 0.15) is 0 Å². The zero-order chi connectivity index (χ0) is 12.3. The highest BCUT2D eigenvalue weighted by Crippen LogP contribution is 2.23. The van der Waals surface area contributed by atoms with Gasteiger partial charge in [0.2, 0.25) is 0 Å². The first-order valence-corrected chi connectivity index (χ1v) is 4.64. The number of nitro groups is 1. The topological polar surface area (TPSA) is 106 Å². The molecule has 1 unspecified atom stereocenters. The van der Waals surface area contributed by atoms with Crippen LogP contribution < -0.4 is 5.73 Å². The van der Waals surface area contributed by atoms with Crippen molar-refractivity contribution < 1.29 is 14.8 Å². The molecule has 0 fully saturated rings. The van der Waals surface area contributed by atoms with Gasteiger partial charge in [-0.05, 0) is 18.1 Å². The van der Waals surface area contributed by atoms with Gasteiger partial charge in [-0.25, -0.2) is 0 Å². The molecule has 6 nitrogen and oxygen atoms in total. The van der Waals surface area contributed by atoms with Crippen LogP contribution in [0.1, 0.15) is 23.6 Å². The van der Waals surface area contributed by atoms with E-state index >= 15 is 0 Å². The Morgan fingerprint density at radius 2 is 2.25 bits per heavy atom. The predicted molar refractivity (Wildman–Crippen MR) is 57.0 cm³/mol. The number of carboxylic acid groups (broad SMARTS) is 1. The Labute approximate surface area is 91.8 Å². The maximum atomic E-state index is 10.6. The Kier molecular flexibility index (Phi) is 3.57. The molecule has 0 aliphatic carbocycles. The van der Waals surface area contributed by atoms with Gasteiger partial charge < -0.3 is 10.8 Å². The van der Waals surface area contributed by atoms with E-state index in [-0.39, 0.29) is 12.1 Å². The van der Waals surface area contributed by atoms with E-state index in [0.717, 1.165) is 5.56 Å². The third kappa shape index (κ3) is 2.77. The average molecular weight is 224 g/mol. The van der Waals surface area contributed by atoms with Crippen molar-refractivity contribution in [1.82, 2.24) is 0 Å². The van der Waals surface area contributed by atoms with E-state index in [0.29, 0.717) is 5.56 Å². The van der Waals surface area contributed by atoms with Gasteiger partial charge in [-0.2, -0.15) is 0 Å². The number of nitro benzene ring substituents is 1. The second-order valence-corrected chi connectivity index (χ2v) is 3.50. The van der Waals surface area contributed by atoms with Crippen molar-refractivity contribution in [1.29, 1.82) is 0 Å². The van der Waals surface area contributed by atoms with Crippen LogP contribution in [0.4, 0.5) is 5.69 Å². The zero-order valence-electron chi connectivity index (χ0n) is 8.71. The number of carboxylic acids is 1. The second kappa shape index (κ2) is 4.71. The molecule has 0 bridgehead atoms. The summed E-state index contributed by atoms with van der Waals surface area (Å²) in [7, 11) is 0. The number of rotatable bonds is 4. The van der Waals surface area contributed by atoms with Crippen LogP contribution in [0.3, 0.4) is 0 Å². The zero-order valence-corrected chi connectivity index (χ0v) is 8.71. The molecule has 1 aromatic carbocycles. The number of hydrogen-bond donors (Lipinski definition) is 2. The Bertz CT molecular complexity index is 431. The van der Waals surface area contributed by atoms with E-state index in [9.17, 15) is 14.9 Å². The molecule has 0 spiro atoms. The molecule has 0 aliphatic heterocycles.